The van der Waals surface area contributed by atoms with E-state index in [-0.39, 0.29) is 29.1 Å². The topological polar surface area (TPSA) is 105 Å². The van der Waals surface area contributed by atoms with Gasteiger partial charge in [0.15, 0.2) is 15.7 Å². The summed E-state index contributed by atoms with van der Waals surface area (Å²) in [5.41, 5.74) is 0.140. The average Bonchev–Trinajstić information content (AvgIpc) is 3.13. The summed E-state index contributed by atoms with van der Waals surface area (Å²) in [6.45, 7) is 2.19. The van der Waals surface area contributed by atoms with Gasteiger partial charge >= 0.3 is 5.97 Å². The Kier molecular flexibility index (Phi) is 4.46. The maximum Gasteiger partial charge on any atom is 0.360 e. The van der Waals surface area contributed by atoms with Gasteiger partial charge < -0.3 is 10.0 Å². The highest BCUT2D eigenvalue weighted by Crippen LogP contribution is 2.26. The number of carboxylic acid groups (broad SMARTS) is 1. The molecule has 1 aliphatic heterocycles. The zero-order valence-corrected chi connectivity index (χ0v) is 14.3. The Balaban J connectivity index is 2.01. The monoisotopic (exact) mass is 368 g/mol. The third kappa shape index (κ3) is 3.48. The van der Waals surface area contributed by atoms with Gasteiger partial charge in [-0.2, -0.15) is 0 Å². The number of nitrogens with zero attached hydrogens (tertiary/aromatic N) is 4. The summed E-state index contributed by atoms with van der Waals surface area (Å²) >= 11 is 0. The molecule has 0 spiro atoms. The molecule has 3 rings (SSSR count). The van der Waals surface area contributed by atoms with Crippen LogP contribution in [0.25, 0.3) is 5.69 Å². The van der Waals surface area contributed by atoms with E-state index in [1.54, 1.807) is 11.8 Å². The first-order valence-corrected chi connectivity index (χ1v) is 9.56. The lowest BCUT2D eigenvalue weighted by atomic mass is 10.2. The molecule has 8 nitrogen and oxygen atoms in total. The minimum atomic E-state index is -3.13. The predicted octanol–water partition coefficient (Wildman–Crippen LogP) is 1.12. The molecule has 2 heterocycles. The third-order valence-electron chi connectivity index (χ3n) is 4.12. The number of aromatic carboxylic acids is 1. The van der Waals surface area contributed by atoms with Crippen molar-refractivity contribution in [1.82, 2.24) is 15.0 Å². The molecular formula is C15H17FN4O4S. The van der Waals surface area contributed by atoms with Crippen molar-refractivity contribution in [3.63, 3.8) is 0 Å². The molecule has 1 aromatic heterocycles. The van der Waals surface area contributed by atoms with Gasteiger partial charge in [-0.3, -0.25) is 0 Å². The molecule has 10 heteroatoms. The zero-order valence-electron chi connectivity index (χ0n) is 13.5. The van der Waals surface area contributed by atoms with E-state index in [0.29, 0.717) is 18.7 Å². The van der Waals surface area contributed by atoms with E-state index in [1.807, 2.05) is 0 Å². The fourth-order valence-corrected chi connectivity index (χ4v) is 4.65. The second-order valence-electron chi connectivity index (χ2n) is 5.79. The lowest BCUT2D eigenvalue weighted by Crippen LogP contribution is -2.37. The number of anilines is 1. The summed E-state index contributed by atoms with van der Waals surface area (Å²) in [7, 11) is -3.13. The van der Waals surface area contributed by atoms with Crippen LogP contribution in [0.3, 0.4) is 0 Å². The average molecular weight is 368 g/mol. The van der Waals surface area contributed by atoms with Gasteiger partial charge in [-0.05, 0) is 37.6 Å². The van der Waals surface area contributed by atoms with Gasteiger partial charge in [0.2, 0.25) is 5.69 Å². The van der Waals surface area contributed by atoms with Crippen molar-refractivity contribution in [3.8, 4) is 5.69 Å². The zero-order chi connectivity index (χ0) is 18.2. The standard InChI is InChI=1S/C15H17FN4O4S/c1-2-19(12-7-8-25(23,24)9-12)14-13(15(21)22)17-20(18-14)11-5-3-10(16)4-6-11/h3-6,12H,2,7-9H2,1H3,(H,21,22). The van der Waals surface area contributed by atoms with Crippen molar-refractivity contribution >= 4 is 21.6 Å². The number of benzene rings is 1. The van der Waals surface area contributed by atoms with E-state index < -0.39 is 21.6 Å². The van der Waals surface area contributed by atoms with Gasteiger partial charge in [0.25, 0.3) is 0 Å². The first kappa shape index (κ1) is 17.3. The fourth-order valence-electron chi connectivity index (χ4n) is 2.92. The number of hydrogen-bond donors (Lipinski definition) is 1. The molecule has 1 aliphatic rings. The molecule has 0 aliphatic carbocycles. The highest BCUT2D eigenvalue weighted by molar-refractivity contribution is 7.91. The molecule has 1 N–H and O–H groups in total. The highest BCUT2D eigenvalue weighted by Gasteiger charge is 2.35. The van der Waals surface area contributed by atoms with E-state index in [0.717, 1.165) is 4.80 Å². The maximum atomic E-state index is 13.1. The van der Waals surface area contributed by atoms with Crippen LogP contribution in [-0.4, -0.2) is 58.6 Å². The first-order chi connectivity index (χ1) is 11.8. The molecule has 1 atom stereocenters. The summed E-state index contributed by atoms with van der Waals surface area (Å²) < 4.78 is 36.6. The van der Waals surface area contributed by atoms with Crippen LogP contribution in [0.2, 0.25) is 0 Å². The minimum Gasteiger partial charge on any atom is -0.476 e. The molecule has 1 fully saturated rings. The second-order valence-corrected chi connectivity index (χ2v) is 8.01. The third-order valence-corrected chi connectivity index (χ3v) is 5.87. The largest absolute Gasteiger partial charge is 0.476 e. The lowest BCUT2D eigenvalue weighted by molar-refractivity contribution is 0.0690. The number of carbonyl (C=O) groups is 1. The van der Waals surface area contributed by atoms with Crippen LogP contribution in [0.1, 0.15) is 23.8 Å². The Bertz CT molecular complexity index is 895. The summed E-state index contributed by atoms with van der Waals surface area (Å²) in [6.07, 6.45) is 0.415. The summed E-state index contributed by atoms with van der Waals surface area (Å²) in [6, 6.07) is 4.97. The maximum absolute atomic E-state index is 13.1. The molecule has 1 aromatic carbocycles. The van der Waals surface area contributed by atoms with E-state index in [2.05, 4.69) is 10.2 Å². The Morgan fingerprint density at radius 2 is 2.04 bits per heavy atom. The Morgan fingerprint density at radius 3 is 2.56 bits per heavy atom. The van der Waals surface area contributed by atoms with Crippen LogP contribution in [0, 0.1) is 5.82 Å². The van der Waals surface area contributed by atoms with Gasteiger partial charge in [0, 0.05) is 12.6 Å². The number of carboxylic acids is 1. The van der Waals surface area contributed by atoms with E-state index in [4.69, 9.17) is 0 Å². The molecule has 2 aromatic rings. The van der Waals surface area contributed by atoms with Crippen molar-refractivity contribution < 1.29 is 22.7 Å². The highest BCUT2D eigenvalue weighted by atomic mass is 32.2. The van der Waals surface area contributed by atoms with Gasteiger partial charge in [-0.25, -0.2) is 17.6 Å². The van der Waals surface area contributed by atoms with Gasteiger partial charge in [-0.1, -0.05) is 0 Å². The summed E-state index contributed by atoms with van der Waals surface area (Å²) in [5.74, 6) is -1.54. The van der Waals surface area contributed by atoms with Crippen LogP contribution in [0.5, 0.6) is 0 Å². The van der Waals surface area contributed by atoms with Crippen molar-refractivity contribution in [2.75, 3.05) is 23.0 Å². The van der Waals surface area contributed by atoms with Gasteiger partial charge in [0.05, 0.1) is 17.2 Å². The van der Waals surface area contributed by atoms with Crippen LogP contribution in [0.4, 0.5) is 10.2 Å². The number of hydrogen-bond acceptors (Lipinski definition) is 6. The molecule has 0 saturated carbocycles. The van der Waals surface area contributed by atoms with Crippen molar-refractivity contribution in [2.45, 2.75) is 19.4 Å². The molecule has 25 heavy (non-hydrogen) atoms. The minimum absolute atomic E-state index is 0.0384. The van der Waals surface area contributed by atoms with E-state index >= 15 is 0 Å². The van der Waals surface area contributed by atoms with Gasteiger partial charge in [0.1, 0.15) is 5.82 Å². The van der Waals surface area contributed by atoms with Crippen LogP contribution >= 0.6 is 0 Å². The first-order valence-electron chi connectivity index (χ1n) is 7.74. The van der Waals surface area contributed by atoms with Gasteiger partial charge in [-0.15, -0.1) is 15.0 Å². The molecule has 0 amide bonds. The molecule has 1 saturated heterocycles. The van der Waals surface area contributed by atoms with Crippen LogP contribution < -0.4 is 4.90 Å². The number of halogens is 1. The summed E-state index contributed by atoms with van der Waals surface area (Å²) in [5, 5.41) is 17.6. The number of aromatic nitrogens is 3. The lowest BCUT2D eigenvalue weighted by Gasteiger charge is -2.26. The molecule has 1 unspecified atom stereocenters. The molecular weight excluding hydrogens is 351 g/mol. The van der Waals surface area contributed by atoms with Crippen molar-refractivity contribution in [2.24, 2.45) is 0 Å². The molecule has 0 bridgehead atoms. The normalized spacial score (nSPS) is 19.0. The van der Waals surface area contributed by atoms with Crippen LogP contribution in [-0.2, 0) is 9.84 Å². The SMILES string of the molecule is CCN(c1nn(-c2ccc(F)cc2)nc1C(=O)O)C1CCS(=O)(=O)C1. The van der Waals surface area contributed by atoms with Crippen molar-refractivity contribution in [1.29, 1.82) is 0 Å². The van der Waals surface area contributed by atoms with Crippen molar-refractivity contribution in [3.05, 3.63) is 35.8 Å². The molecule has 0 radical (unpaired) electrons. The predicted molar refractivity (Wildman–Crippen MR) is 88.4 cm³/mol. The Hall–Kier alpha value is -2.49. The number of sulfone groups is 1. The number of rotatable bonds is 5. The smallest absolute Gasteiger partial charge is 0.360 e. The van der Waals surface area contributed by atoms with E-state index in [1.165, 1.54) is 24.3 Å². The fraction of sp³-hybridized carbons (Fsp3) is 0.400. The molecule has 134 valence electrons. The summed E-state index contributed by atoms with van der Waals surface area (Å²) in [4.78, 5) is 14.3. The quantitative estimate of drug-likeness (QED) is 0.843. The van der Waals surface area contributed by atoms with E-state index in [9.17, 15) is 22.7 Å². The Labute approximate surface area is 143 Å². The second kappa shape index (κ2) is 6.43. The Morgan fingerprint density at radius 1 is 1.36 bits per heavy atom. The van der Waals surface area contributed by atoms with Crippen LogP contribution in [0.15, 0.2) is 24.3 Å².